The van der Waals surface area contributed by atoms with Crippen molar-refractivity contribution < 1.29 is 18.7 Å². The Morgan fingerprint density at radius 1 is 1.18 bits per heavy atom. The van der Waals surface area contributed by atoms with Crippen LogP contribution >= 0.6 is 11.6 Å². The van der Waals surface area contributed by atoms with Crippen LogP contribution in [0.3, 0.4) is 0 Å². The lowest BCUT2D eigenvalue weighted by Gasteiger charge is -2.32. The first-order valence-corrected chi connectivity index (χ1v) is 14.5. The van der Waals surface area contributed by atoms with Gasteiger partial charge in [0.25, 0.3) is 0 Å². The first-order valence-electron chi connectivity index (χ1n) is 14.1. The van der Waals surface area contributed by atoms with Gasteiger partial charge in [-0.25, -0.2) is 14.4 Å². The minimum absolute atomic E-state index is 0.0128. The maximum absolute atomic E-state index is 15.2. The molecule has 1 fully saturated rings. The van der Waals surface area contributed by atoms with Crippen LogP contribution in [0.2, 0.25) is 5.02 Å². The number of allylic oxidation sites excluding steroid dienone is 1. The molecule has 232 valence electrons. The van der Waals surface area contributed by atoms with Gasteiger partial charge in [-0.2, -0.15) is 0 Å². The number of amides is 1. The van der Waals surface area contributed by atoms with Gasteiger partial charge < -0.3 is 30.7 Å². The molecule has 2 aromatic carbocycles. The Bertz CT molecular complexity index is 1790. The number of nitrogens with zero attached hydrogens (tertiary/aromatic N) is 5. The van der Waals surface area contributed by atoms with E-state index >= 15 is 4.39 Å². The van der Waals surface area contributed by atoms with E-state index in [2.05, 4.69) is 37.2 Å². The maximum atomic E-state index is 15.2. The van der Waals surface area contributed by atoms with Crippen LogP contribution in [0.15, 0.2) is 78.5 Å². The summed E-state index contributed by atoms with van der Waals surface area (Å²) in [5.74, 6) is 0.589. The van der Waals surface area contributed by atoms with Gasteiger partial charge in [0, 0.05) is 48.9 Å². The average Bonchev–Trinajstić information content (AvgIpc) is 3.04. The van der Waals surface area contributed by atoms with Crippen LogP contribution in [-0.2, 0) is 4.79 Å². The van der Waals surface area contributed by atoms with Crippen molar-refractivity contribution in [3.63, 3.8) is 0 Å². The Balaban J connectivity index is 1.29. The fourth-order valence-corrected chi connectivity index (χ4v) is 4.94. The lowest BCUT2D eigenvalue weighted by molar-refractivity contribution is -0.126. The summed E-state index contributed by atoms with van der Waals surface area (Å²) in [6.07, 6.45) is 8.73. The first-order chi connectivity index (χ1) is 21.7. The van der Waals surface area contributed by atoms with Crippen LogP contribution in [0.25, 0.3) is 10.9 Å². The zero-order valence-corrected chi connectivity index (χ0v) is 25.5. The predicted molar refractivity (Wildman–Crippen MR) is 174 cm³/mol. The lowest BCUT2D eigenvalue weighted by atomic mass is 10.0. The van der Waals surface area contributed by atoms with E-state index in [1.807, 2.05) is 6.07 Å². The summed E-state index contributed by atoms with van der Waals surface area (Å²) in [6, 6.07) is 9.81. The predicted octanol–water partition coefficient (Wildman–Crippen LogP) is 6.05. The SMILES string of the molecule is C=CC(=O)N1CCC(Nc2cc3c(Nc4ccc(O/C(N)=C/C=Nc5cnc(C)c(Cl)c5)cc4F)ncnc3cc2OC)CC1. The number of piperidine rings is 1. The fourth-order valence-electron chi connectivity index (χ4n) is 4.78. The highest BCUT2D eigenvalue weighted by Crippen LogP contribution is 2.35. The van der Waals surface area contributed by atoms with Crippen LogP contribution in [-0.4, -0.2) is 58.2 Å². The van der Waals surface area contributed by atoms with Gasteiger partial charge in [-0.05, 0) is 50.1 Å². The molecule has 13 heteroatoms. The van der Waals surface area contributed by atoms with Gasteiger partial charge in [0.1, 0.15) is 29.5 Å². The molecule has 4 aromatic rings. The standard InChI is InChI=1S/C32H32ClFN8O3/c1-4-31(43)42-11-8-20(9-12-42)40-28-15-23-27(16-29(28)44-3)38-18-39-32(23)41-26-6-5-22(14-25(26)34)45-30(35)7-10-36-21-13-24(33)19(2)37-17-21/h4-7,10,13-18,20,40H,1,8-9,11-12,35H2,2-3H3,(H,38,39,41)/b30-7+,36-10?. The van der Waals surface area contributed by atoms with Crippen LogP contribution in [0.1, 0.15) is 18.5 Å². The number of hydrogen-bond acceptors (Lipinski definition) is 10. The second-order valence-electron chi connectivity index (χ2n) is 10.2. The van der Waals surface area contributed by atoms with Gasteiger partial charge in [-0.1, -0.05) is 18.2 Å². The molecule has 0 radical (unpaired) electrons. The molecule has 0 atom stereocenters. The summed E-state index contributed by atoms with van der Waals surface area (Å²) in [5.41, 5.74) is 8.74. The molecule has 1 aliphatic heterocycles. The molecule has 11 nitrogen and oxygen atoms in total. The summed E-state index contributed by atoms with van der Waals surface area (Å²) in [5, 5.41) is 7.76. The van der Waals surface area contributed by atoms with Gasteiger partial charge in [0.2, 0.25) is 5.91 Å². The summed E-state index contributed by atoms with van der Waals surface area (Å²) in [6.45, 7) is 6.62. The Morgan fingerprint density at radius 3 is 2.69 bits per heavy atom. The molecule has 4 N–H and O–H groups in total. The van der Waals surface area contributed by atoms with E-state index in [1.165, 1.54) is 36.8 Å². The Hall–Kier alpha value is -5.23. The number of rotatable bonds is 10. The zero-order chi connectivity index (χ0) is 31.9. The summed E-state index contributed by atoms with van der Waals surface area (Å²) in [4.78, 5) is 30.8. The van der Waals surface area contributed by atoms with Crippen LogP contribution in [0, 0.1) is 12.7 Å². The van der Waals surface area contributed by atoms with Crippen molar-refractivity contribution in [2.24, 2.45) is 10.7 Å². The van der Waals surface area contributed by atoms with E-state index < -0.39 is 5.82 Å². The molecule has 2 aromatic heterocycles. The molecule has 5 rings (SSSR count). The normalized spacial score (nSPS) is 14.0. The van der Waals surface area contributed by atoms with E-state index in [0.717, 1.165) is 18.5 Å². The lowest BCUT2D eigenvalue weighted by Crippen LogP contribution is -2.41. The van der Waals surface area contributed by atoms with Crippen molar-refractivity contribution in [2.45, 2.75) is 25.8 Å². The third-order valence-corrected chi connectivity index (χ3v) is 7.58. The number of likely N-dealkylation sites (tertiary alicyclic amines) is 1. The number of aryl methyl sites for hydroxylation is 1. The molecule has 1 aliphatic rings. The van der Waals surface area contributed by atoms with Crippen molar-refractivity contribution in [1.82, 2.24) is 19.9 Å². The Kier molecular flexibility index (Phi) is 9.73. The molecule has 3 heterocycles. The molecule has 0 spiro atoms. The number of methoxy groups -OCH3 is 1. The quantitative estimate of drug-likeness (QED) is 0.109. The topological polar surface area (TPSA) is 140 Å². The van der Waals surface area contributed by atoms with E-state index in [4.69, 9.17) is 26.8 Å². The number of fused-ring (bicyclic) bond motifs is 1. The van der Waals surface area contributed by atoms with Gasteiger partial charge in [-0.3, -0.25) is 14.8 Å². The van der Waals surface area contributed by atoms with Crippen molar-refractivity contribution in [2.75, 3.05) is 30.8 Å². The maximum Gasteiger partial charge on any atom is 0.245 e. The fraction of sp³-hybridized carbons (Fsp3) is 0.219. The summed E-state index contributed by atoms with van der Waals surface area (Å²) >= 11 is 6.07. The minimum atomic E-state index is -0.575. The largest absolute Gasteiger partial charge is 0.495 e. The second-order valence-corrected chi connectivity index (χ2v) is 10.6. The third kappa shape index (κ3) is 7.65. The Morgan fingerprint density at radius 2 is 1.98 bits per heavy atom. The van der Waals surface area contributed by atoms with Crippen LogP contribution < -0.4 is 25.8 Å². The second kappa shape index (κ2) is 14.0. The van der Waals surface area contributed by atoms with Gasteiger partial charge in [0.15, 0.2) is 5.88 Å². The van der Waals surface area contributed by atoms with Crippen molar-refractivity contribution >= 4 is 57.5 Å². The monoisotopic (exact) mass is 630 g/mol. The first kappa shape index (κ1) is 31.2. The zero-order valence-electron chi connectivity index (χ0n) is 24.8. The van der Waals surface area contributed by atoms with Crippen LogP contribution in [0.4, 0.5) is 27.3 Å². The highest BCUT2D eigenvalue weighted by atomic mass is 35.5. The number of aromatic nitrogens is 3. The summed E-state index contributed by atoms with van der Waals surface area (Å²) in [7, 11) is 1.59. The number of carbonyl (C=O) groups is 1. The van der Waals surface area contributed by atoms with E-state index in [1.54, 1.807) is 43.3 Å². The number of carbonyl (C=O) groups excluding carboxylic acids is 1. The van der Waals surface area contributed by atoms with Gasteiger partial charge in [0.05, 0.1) is 46.6 Å². The van der Waals surface area contributed by atoms with Crippen molar-refractivity contribution in [3.05, 3.63) is 90.1 Å². The molecule has 0 unspecified atom stereocenters. The number of pyridine rings is 1. The molecule has 0 aliphatic carbocycles. The number of benzene rings is 2. The van der Waals surface area contributed by atoms with E-state index in [-0.39, 0.29) is 29.3 Å². The van der Waals surface area contributed by atoms with Crippen molar-refractivity contribution in [3.8, 4) is 11.5 Å². The molecular weight excluding hydrogens is 599 g/mol. The molecule has 45 heavy (non-hydrogen) atoms. The van der Waals surface area contributed by atoms with Crippen LogP contribution in [0.5, 0.6) is 11.5 Å². The molecular formula is C32H32ClFN8O3. The van der Waals surface area contributed by atoms with E-state index in [0.29, 0.717) is 52.0 Å². The number of halogens is 2. The number of aliphatic imine (C=N–C) groups is 1. The number of nitrogens with two attached hydrogens (primary N) is 1. The molecule has 0 saturated carbocycles. The minimum Gasteiger partial charge on any atom is -0.495 e. The number of anilines is 3. The third-order valence-electron chi connectivity index (χ3n) is 7.20. The highest BCUT2D eigenvalue weighted by Gasteiger charge is 2.23. The average molecular weight is 631 g/mol. The summed E-state index contributed by atoms with van der Waals surface area (Å²) < 4.78 is 26.4. The van der Waals surface area contributed by atoms with E-state index in [9.17, 15) is 4.79 Å². The number of ether oxygens (including phenoxy) is 2. The van der Waals surface area contributed by atoms with Gasteiger partial charge >= 0.3 is 0 Å². The highest BCUT2D eigenvalue weighted by molar-refractivity contribution is 6.31. The number of nitrogens with one attached hydrogen (secondary N) is 2. The van der Waals surface area contributed by atoms with Crippen molar-refractivity contribution in [1.29, 1.82) is 0 Å². The van der Waals surface area contributed by atoms with Gasteiger partial charge in [-0.15, -0.1) is 0 Å². The molecule has 0 bridgehead atoms. The Labute approximate surface area is 264 Å². The number of hydrogen-bond donors (Lipinski definition) is 3. The smallest absolute Gasteiger partial charge is 0.245 e. The molecule has 1 saturated heterocycles. The molecule has 1 amide bonds.